The molecule has 7 heteroatoms. The van der Waals surface area contributed by atoms with Gasteiger partial charge in [0, 0.05) is 17.6 Å². The van der Waals surface area contributed by atoms with Gasteiger partial charge in [-0.3, -0.25) is 9.59 Å². The van der Waals surface area contributed by atoms with Gasteiger partial charge >= 0.3 is 5.97 Å². The standard InChI is InChI=1S/C16H16N2O4S/c19-13(20)8-16(6-7-22-10-16)18-14(21)12-9-23-15(17-12)11-4-2-1-3-5-11/h1-5,9H,6-8,10H2,(H,18,21)(H,19,20). The van der Waals surface area contributed by atoms with Crippen LogP contribution in [0.15, 0.2) is 35.7 Å². The van der Waals surface area contributed by atoms with Crippen LogP contribution in [0.4, 0.5) is 0 Å². The van der Waals surface area contributed by atoms with Crippen LogP contribution < -0.4 is 5.32 Å². The number of carbonyl (C=O) groups excluding carboxylic acids is 1. The van der Waals surface area contributed by atoms with E-state index in [-0.39, 0.29) is 18.9 Å². The highest BCUT2D eigenvalue weighted by atomic mass is 32.1. The third kappa shape index (κ3) is 3.57. The van der Waals surface area contributed by atoms with Gasteiger partial charge in [-0.25, -0.2) is 4.98 Å². The second kappa shape index (κ2) is 6.47. The molecular formula is C16H16N2O4S. The van der Waals surface area contributed by atoms with Crippen LogP contribution in [0.25, 0.3) is 10.6 Å². The minimum absolute atomic E-state index is 0.158. The molecule has 0 radical (unpaired) electrons. The minimum Gasteiger partial charge on any atom is -0.481 e. The van der Waals surface area contributed by atoms with Gasteiger partial charge in [-0.1, -0.05) is 30.3 Å². The number of aliphatic carboxylic acids is 1. The molecule has 120 valence electrons. The van der Waals surface area contributed by atoms with Gasteiger partial charge in [-0.05, 0) is 6.42 Å². The number of amides is 1. The van der Waals surface area contributed by atoms with E-state index in [1.807, 2.05) is 30.3 Å². The van der Waals surface area contributed by atoms with Crippen LogP contribution in [-0.4, -0.2) is 40.7 Å². The van der Waals surface area contributed by atoms with E-state index < -0.39 is 11.5 Å². The Morgan fingerprint density at radius 1 is 1.35 bits per heavy atom. The van der Waals surface area contributed by atoms with Crippen molar-refractivity contribution in [2.45, 2.75) is 18.4 Å². The zero-order valence-electron chi connectivity index (χ0n) is 12.3. The van der Waals surface area contributed by atoms with Crippen molar-refractivity contribution in [2.75, 3.05) is 13.2 Å². The quantitative estimate of drug-likeness (QED) is 0.876. The van der Waals surface area contributed by atoms with Crippen molar-refractivity contribution in [1.82, 2.24) is 10.3 Å². The Kier molecular flexibility index (Phi) is 4.40. The molecule has 1 unspecified atom stereocenters. The van der Waals surface area contributed by atoms with Gasteiger partial charge in [0.1, 0.15) is 10.7 Å². The number of nitrogens with zero attached hydrogens (tertiary/aromatic N) is 1. The lowest BCUT2D eigenvalue weighted by molar-refractivity contribution is -0.138. The van der Waals surface area contributed by atoms with Gasteiger partial charge < -0.3 is 15.2 Å². The van der Waals surface area contributed by atoms with Crippen molar-refractivity contribution in [3.05, 3.63) is 41.4 Å². The maximum atomic E-state index is 12.4. The highest BCUT2D eigenvalue weighted by Gasteiger charge is 2.39. The van der Waals surface area contributed by atoms with E-state index in [4.69, 9.17) is 9.84 Å². The fourth-order valence-corrected chi connectivity index (χ4v) is 3.38. The maximum Gasteiger partial charge on any atom is 0.305 e. The largest absolute Gasteiger partial charge is 0.481 e. The summed E-state index contributed by atoms with van der Waals surface area (Å²) in [7, 11) is 0. The smallest absolute Gasteiger partial charge is 0.305 e. The van der Waals surface area contributed by atoms with Gasteiger partial charge in [0.05, 0.1) is 18.6 Å². The number of hydrogen-bond acceptors (Lipinski definition) is 5. The lowest BCUT2D eigenvalue weighted by atomic mass is 9.94. The van der Waals surface area contributed by atoms with Crippen LogP contribution in [-0.2, 0) is 9.53 Å². The lowest BCUT2D eigenvalue weighted by Gasteiger charge is -2.26. The number of carbonyl (C=O) groups is 2. The summed E-state index contributed by atoms with van der Waals surface area (Å²) in [4.78, 5) is 27.8. The monoisotopic (exact) mass is 332 g/mol. The number of carboxylic acids is 1. The molecule has 6 nitrogen and oxygen atoms in total. The van der Waals surface area contributed by atoms with Gasteiger partial charge in [-0.15, -0.1) is 11.3 Å². The Hall–Kier alpha value is -2.25. The number of ether oxygens (including phenoxy) is 1. The fraction of sp³-hybridized carbons (Fsp3) is 0.312. The first-order valence-corrected chi connectivity index (χ1v) is 8.09. The van der Waals surface area contributed by atoms with Crippen molar-refractivity contribution in [3.63, 3.8) is 0 Å². The molecule has 2 N–H and O–H groups in total. The van der Waals surface area contributed by atoms with Crippen LogP contribution >= 0.6 is 11.3 Å². The number of benzene rings is 1. The summed E-state index contributed by atoms with van der Waals surface area (Å²) in [5.74, 6) is -1.32. The summed E-state index contributed by atoms with van der Waals surface area (Å²) in [6, 6.07) is 9.59. The van der Waals surface area contributed by atoms with E-state index in [1.165, 1.54) is 11.3 Å². The summed E-state index contributed by atoms with van der Waals surface area (Å²) in [6.45, 7) is 0.653. The normalized spacial score (nSPS) is 20.3. The van der Waals surface area contributed by atoms with Crippen LogP contribution in [0.3, 0.4) is 0 Å². The molecule has 1 fully saturated rings. The molecule has 1 aliphatic rings. The molecule has 0 bridgehead atoms. The summed E-state index contributed by atoms with van der Waals surface area (Å²) in [5.41, 5.74) is 0.394. The van der Waals surface area contributed by atoms with Gasteiger partial charge in [0.15, 0.2) is 0 Å². The molecule has 2 heterocycles. The number of carboxylic acid groups (broad SMARTS) is 1. The molecule has 1 aliphatic heterocycles. The molecular weight excluding hydrogens is 316 g/mol. The Morgan fingerprint density at radius 3 is 2.78 bits per heavy atom. The van der Waals surface area contributed by atoms with E-state index in [1.54, 1.807) is 5.38 Å². The molecule has 1 atom stereocenters. The fourth-order valence-electron chi connectivity index (χ4n) is 2.58. The maximum absolute atomic E-state index is 12.4. The van der Waals surface area contributed by atoms with Crippen molar-refractivity contribution in [2.24, 2.45) is 0 Å². The zero-order valence-corrected chi connectivity index (χ0v) is 13.1. The van der Waals surface area contributed by atoms with E-state index >= 15 is 0 Å². The molecule has 0 aliphatic carbocycles. The topological polar surface area (TPSA) is 88.5 Å². The molecule has 1 amide bonds. The van der Waals surface area contributed by atoms with Crippen molar-refractivity contribution >= 4 is 23.2 Å². The highest BCUT2D eigenvalue weighted by molar-refractivity contribution is 7.13. The van der Waals surface area contributed by atoms with Crippen LogP contribution in [0, 0.1) is 0 Å². The predicted molar refractivity (Wildman–Crippen MR) is 85.4 cm³/mol. The first kappa shape index (κ1) is 15.6. The summed E-state index contributed by atoms with van der Waals surface area (Å²) < 4.78 is 5.28. The lowest BCUT2D eigenvalue weighted by Crippen LogP contribution is -2.50. The van der Waals surface area contributed by atoms with Crippen molar-refractivity contribution < 1.29 is 19.4 Å². The molecule has 0 saturated carbocycles. The third-order valence-electron chi connectivity index (χ3n) is 3.73. The molecule has 1 aromatic carbocycles. The van der Waals surface area contributed by atoms with Gasteiger partial charge in [-0.2, -0.15) is 0 Å². The summed E-state index contributed by atoms with van der Waals surface area (Å²) in [5, 5.41) is 14.3. The molecule has 2 aromatic rings. The number of rotatable bonds is 5. The third-order valence-corrected chi connectivity index (χ3v) is 4.62. The molecule has 1 aromatic heterocycles. The Bertz CT molecular complexity index is 708. The van der Waals surface area contributed by atoms with Gasteiger partial charge in [0.25, 0.3) is 5.91 Å². The van der Waals surface area contributed by atoms with E-state index in [0.29, 0.717) is 18.7 Å². The highest BCUT2D eigenvalue weighted by Crippen LogP contribution is 2.26. The average Bonchev–Trinajstić information content (AvgIpc) is 3.17. The van der Waals surface area contributed by atoms with Gasteiger partial charge in [0.2, 0.25) is 0 Å². The molecule has 0 spiro atoms. The van der Waals surface area contributed by atoms with Crippen molar-refractivity contribution in [1.29, 1.82) is 0 Å². The first-order valence-electron chi connectivity index (χ1n) is 7.21. The van der Waals surface area contributed by atoms with E-state index in [9.17, 15) is 9.59 Å². The van der Waals surface area contributed by atoms with Crippen LogP contribution in [0.2, 0.25) is 0 Å². The number of nitrogens with one attached hydrogen (secondary N) is 1. The average molecular weight is 332 g/mol. The summed E-state index contributed by atoms with van der Waals surface area (Å²) >= 11 is 1.38. The predicted octanol–water partition coefficient (Wildman–Crippen LogP) is 2.17. The van der Waals surface area contributed by atoms with Crippen molar-refractivity contribution in [3.8, 4) is 10.6 Å². The Balaban J connectivity index is 1.76. The number of hydrogen-bond donors (Lipinski definition) is 2. The molecule has 23 heavy (non-hydrogen) atoms. The Labute approximate surface area is 137 Å². The molecule has 1 saturated heterocycles. The van der Waals surface area contributed by atoms with Crippen LogP contribution in [0.1, 0.15) is 23.3 Å². The first-order chi connectivity index (χ1) is 11.1. The van der Waals surface area contributed by atoms with E-state index in [2.05, 4.69) is 10.3 Å². The second-order valence-electron chi connectivity index (χ2n) is 5.51. The second-order valence-corrected chi connectivity index (χ2v) is 6.37. The Morgan fingerprint density at radius 2 is 2.13 bits per heavy atom. The number of aromatic nitrogens is 1. The van der Waals surface area contributed by atoms with Crippen LogP contribution in [0.5, 0.6) is 0 Å². The SMILES string of the molecule is O=C(O)CC1(NC(=O)c2csc(-c3ccccc3)n2)CCOC1. The van der Waals surface area contributed by atoms with E-state index in [0.717, 1.165) is 10.6 Å². The summed E-state index contributed by atoms with van der Waals surface area (Å²) in [6.07, 6.45) is 0.329. The molecule has 3 rings (SSSR count). The minimum atomic E-state index is -0.959. The number of thiazole rings is 1. The zero-order chi connectivity index (χ0) is 16.3.